The summed E-state index contributed by atoms with van der Waals surface area (Å²) in [5, 5.41) is 9.74. The standard InChI is InChI=1S/C18H20O4/c19-17(13-21-11-15-7-3-1-4-8-15)18(20)14-22-12-16-9-5-2-6-10-16/h1-10,17,19H,11-14H2/t17-/m1/s1. The van der Waals surface area contributed by atoms with E-state index >= 15 is 0 Å². The zero-order valence-electron chi connectivity index (χ0n) is 12.4. The molecule has 0 aromatic heterocycles. The van der Waals surface area contributed by atoms with E-state index in [1.54, 1.807) is 0 Å². The predicted octanol–water partition coefficient (Wildman–Crippen LogP) is 2.35. The first kappa shape index (κ1) is 16.4. The molecule has 0 aliphatic heterocycles. The molecule has 0 fully saturated rings. The fourth-order valence-corrected chi connectivity index (χ4v) is 1.90. The van der Waals surface area contributed by atoms with Crippen LogP contribution in [0.2, 0.25) is 0 Å². The summed E-state index contributed by atoms with van der Waals surface area (Å²) in [6.45, 7) is 0.577. The number of benzene rings is 2. The zero-order valence-corrected chi connectivity index (χ0v) is 12.4. The molecule has 4 heteroatoms. The normalized spacial score (nSPS) is 12.0. The van der Waals surface area contributed by atoms with Crippen LogP contribution in [0.25, 0.3) is 0 Å². The van der Waals surface area contributed by atoms with E-state index in [9.17, 15) is 9.90 Å². The fourth-order valence-electron chi connectivity index (χ4n) is 1.90. The zero-order chi connectivity index (χ0) is 15.6. The van der Waals surface area contributed by atoms with Gasteiger partial charge in [0.25, 0.3) is 0 Å². The van der Waals surface area contributed by atoms with E-state index in [1.807, 2.05) is 60.7 Å². The number of hydrogen-bond acceptors (Lipinski definition) is 4. The van der Waals surface area contributed by atoms with Gasteiger partial charge < -0.3 is 14.6 Å². The summed E-state index contributed by atoms with van der Waals surface area (Å²) in [6.07, 6.45) is -1.15. The van der Waals surface area contributed by atoms with Gasteiger partial charge in [0.2, 0.25) is 0 Å². The topological polar surface area (TPSA) is 55.8 Å². The average molecular weight is 300 g/mol. The molecule has 4 nitrogen and oxygen atoms in total. The molecule has 0 unspecified atom stereocenters. The molecule has 2 aromatic carbocycles. The van der Waals surface area contributed by atoms with Crippen molar-refractivity contribution in [2.75, 3.05) is 13.2 Å². The summed E-state index contributed by atoms with van der Waals surface area (Å²) < 4.78 is 10.6. The Morgan fingerprint density at radius 2 is 1.36 bits per heavy atom. The Hall–Kier alpha value is -2.01. The molecule has 2 aromatic rings. The van der Waals surface area contributed by atoms with Gasteiger partial charge in [-0.15, -0.1) is 0 Å². The number of aliphatic hydroxyl groups excluding tert-OH is 1. The molecule has 0 aliphatic rings. The quantitative estimate of drug-likeness (QED) is 0.772. The maximum Gasteiger partial charge on any atom is 0.189 e. The van der Waals surface area contributed by atoms with Crippen LogP contribution in [0.1, 0.15) is 11.1 Å². The van der Waals surface area contributed by atoms with E-state index < -0.39 is 6.10 Å². The van der Waals surface area contributed by atoms with E-state index in [4.69, 9.17) is 9.47 Å². The molecule has 1 atom stereocenters. The molecule has 0 saturated carbocycles. The van der Waals surface area contributed by atoms with Crippen LogP contribution in [0, 0.1) is 0 Å². The molecule has 0 radical (unpaired) electrons. The van der Waals surface area contributed by atoms with E-state index in [-0.39, 0.29) is 19.0 Å². The highest BCUT2D eigenvalue weighted by molar-refractivity contribution is 5.84. The van der Waals surface area contributed by atoms with Crippen molar-refractivity contribution in [2.45, 2.75) is 19.3 Å². The average Bonchev–Trinajstić information content (AvgIpc) is 2.56. The third kappa shape index (κ3) is 5.77. The summed E-state index contributed by atoms with van der Waals surface area (Å²) in [7, 11) is 0. The van der Waals surface area contributed by atoms with Gasteiger partial charge in [0.1, 0.15) is 12.7 Å². The van der Waals surface area contributed by atoms with Gasteiger partial charge in [0.15, 0.2) is 5.78 Å². The third-order valence-electron chi connectivity index (χ3n) is 3.11. The Morgan fingerprint density at radius 3 is 1.91 bits per heavy atom. The molecule has 1 N–H and O–H groups in total. The van der Waals surface area contributed by atoms with E-state index in [0.717, 1.165) is 11.1 Å². The van der Waals surface area contributed by atoms with E-state index in [0.29, 0.717) is 13.2 Å². The molecule has 22 heavy (non-hydrogen) atoms. The molecule has 0 aliphatic carbocycles. The van der Waals surface area contributed by atoms with Crippen molar-refractivity contribution < 1.29 is 19.4 Å². The highest BCUT2D eigenvalue weighted by Crippen LogP contribution is 2.03. The molecule has 2 rings (SSSR count). The van der Waals surface area contributed by atoms with Gasteiger partial charge >= 0.3 is 0 Å². The van der Waals surface area contributed by atoms with Gasteiger partial charge in [-0.2, -0.15) is 0 Å². The van der Waals surface area contributed by atoms with Gasteiger partial charge in [-0.3, -0.25) is 4.79 Å². The first-order chi connectivity index (χ1) is 10.8. The monoisotopic (exact) mass is 300 g/mol. The first-order valence-electron chi connectivity index (χ1n) is 7.20. The largest absolute Gasteiger partial charge is 0.383 e. The van der Waals surface area contributed by atoms with E-state index in [1.165, 1.54) is 0 Å². The number of Topliss-reactive ketones (excluding diaryl/α,β-unsaturated/α-hetero) is 1. The Labute approximate surface area is 130 Å². The highest BCUT2D eigenvalue weighted by atomic mass is 16.5. The number of ether oxygens (including phenoxy) is 2. The van der Waals surface area contributed by atoms with Gasteiger partial charge in [-0.05, 0) is 11.1 Å². The molecule has 0 spiro atoms. The number of ketones is 1. The van der Waals surface area contributed by atoms with E-state index in [2.05, 4.69) is 0 Å². The van der Waals surface area contributed by atoms with Crippen molar-refractivity contribution in [3.63, 3.8) is 0 Å². The number of rotatable bonds is 9. The van der Waals surface area contributed by atoms with Crippen molar-refractivity contribution in [1.82, 2.24) is 0 Å². The van der Waals surface area contributed by atoms with Crippen molar-refractivity contribution >= 4 is 5.78 Å². The van der Waals surface area contributed by atoms with Crippen molar-refractivity contribution in [2.24, 2.45) is 0 Å². The van der Waals surface area contributed by atoms with Crippen molar-refractivity contribution in [1.29, 1.82) is 0 Å². The van der Waals surface area contributed by atoms with Gasteiger partial charge in [-0.1, -0.05) is 60.7 Å². The number of carbonyl (C=O) groups excluding carboxylic acids is 1. The molecular weight excluding hydrogens is 280 g/mol. The second kappa shape index (κ2) is 9.10. The Kier molecular flexibility index (Phi) is 6.77. The summed E-state index contributed by atoms with van der Waals surface area (Å²) in [4.78, 5) is 11.7. The lowest BCUT2D eigenvalue weighted by atomic mass is 10.2. The lowest BCUT2D eigenvalue weighted by Gasteiger charge is -2.11. The second-order valence-corrected chi connectivity index (χ2v) is 4.96. The maximum absolute atomic E-state index is 11.7. The molecule has 0 amide bonds. The summed E-state index contributed by atoms with van der Waals surface area (Å²) in [5.74, 6) is -0.371. The third-order valence-corrected chi connectivity index (χ3v) is 3.11. The number of hydrogen-bond donors (Lipinski definition) is 1. The molecular formula is C18H20O4. The predicted molar refractivity (Wildman–Crippen MR) is 83.2 cm³/mol. The highest BCUT2D eigenvalue weighted by Gasteiger charge is 2.15. The molecule has 0 saturated heterocycles. The first-order valence-corrected chi connectivity index (χ1v) is 7.20. The smallest absolute Gasteiger partial charge is 0.189 e. The Balaban J connectivity index is 1.62. The SMILES string of the molecule is O=C(COCc1ccccc1)[C@H](O)COCc1ccccc1. The Morgan fingerprint density at radius 1 is 0.864 bits per heavy atom. The minimum atomic E-state index is -1.15. The van der Waals surface area contributed by atoms with Crippen LogP contribution in [0.4, 0.5) is 0 Å². The van der Waals surface area contributed by atoms with Crippen LogP contribution < -0.4 is 0 Å². The van der Waals surface area contributed by atoms with Crippen LogP contribution in [0.15, 0.2) is 60.7 Å². The van der Waals surface area contributed by atoms with Crippen LogP contribution in [-0.2, 0) is 27.5 Å². The van der Waals surface area contributed by atoms with Gasteiger partial charge in [0.05, 0.1) is 19.8 Å². The lowest BCUT2D eigenvalue weighted by Crippen LogP contribution is -2.29. The lowest BCUT2D eigenvalue weighted by molar-refractivity contribution is -0.135. The second-order valence-electron chi connectivity index (χ2n) is 4.96. The maximum atomic E-state index is 11.7. The van der Waals surface area contributed by atoms with Gasteiger partial charge in [0, 0.05) is 0 Å². The minimum absolute atomic E-state index is 0.0254. The molecule has 0 bridgehead atoms. The van der Waals surface area contributed by atoms with Crippen LogP contribution >= 0.6 is 0 Å². The number of carbonyl (C=O) groups is 1. The van der Waals surface area contributed by atoms with Crippen LogP contribution in [0.5, 0.6) is 0 Å². The summed E-state index contributed by atoms with van der Waals surface area (Å²) >= 11 is 0. The summed E-state index contributed by atoms with van der Waals surface area (Å²) in [6, 6.07) is 19.2. The van der Waals surface area contributed by atoms with Crippen molar-refractivity contribution in [3.05, 3.63) is 71.8 Å². The molecule has 116 valence electrons. The number of aliphatic hydroxyl groups is 1. The fraction of sp³-hybridized carbons (Fsp3) is 0.278. The minimum Gasteiger partial charge on any atom is -0.383 e. The summed E-state index contributed by atoms with van der Waals surface area (Å²) in [5.41, 5.74) is 1.99. The van der Waals surface area contributed by atoms with Crippen molar-refractivity contribution in [3.8, 4) is 0 Å². The Bertz CT molecular complexity index is 554. The van der Waals surface area contributed by atoms with Crippen LogP contribution in [0.3, 0.4) is 0 Å². The molecule has 0 heterocycles. The van der Waals surface area contributed by atoms with Crippen LogP contribution in [-0.4, -0.2) is 30.2 Å². The van der Waals surface area contributed by atoms with Gasteiger partial charge in [-0.25, -0.2) is 0 Å².